The highest BCUT2D eigenvalue weighted by Crippen LogP contribution is 2.24. The molecule has 0 fully saturated rings. The van der Waals surface area contributed by atoms with Crippen LogP contribution >= 0.6 is 35.0 Å². The number of carbonyl (C=O) groups is 2. The minimum Gasteiger partial charge on any atom is -0.342 e. The second-order valence-corrected chi connectivity index (χ2v) is 8.51. The first-order chi connectivity index (χ1) is 15.3. The van der Waals surface area contributed by atoms with Gasteiger partial charge in [-0.25, -0.2) is 4.39 Å². The van der Waals surface area contributed by atoms with E-state index in [1.54, 1.807) is 25.1 Å². The quantitative estimate of drug-likeness (QED) is 0.430. The summed E-state index contributed by atoms with van der Waals surface area (Å²) in [7, 11) is 0. The monoisotopic (exact) mass is 495 g/mol. The topological polar surface area (TPSA) is 88.9 Å². The molecule has 1 unspecified atom stereocenters. The van der Waals surface area contributed by atoms with Gasteiger partial charge in [0.15, 0.2) is 11.0 Å². The highest BCUT2D eigenvalue weighted by atomic mass is 35.5. The van der Waals surface area contributed by atoms with Crippen molar-refractivity contribution in [1.82, 2.24) is 20.1 Å². The number of hydrogen-bond donors (Lipinski definition) is 2. The molecule has 0 radical (unpaired) electrons. The van der Waals surface area contributed by atoms with Crippen molar-refractivity contribution >= 4 is 52.5 Å². The second-order valence-electron chi connectivity index (χ2n) is 6.76. The third-order valence-electron chi connectivity index (χ3n) is 4.42. The Morgan fingerprint density at radius 2 is 1.94 bits per heavy atom. The van der Waals surface area contributed by atoms with Crippen LogP contribution in [-0.4, -0.2) is 32.3 Å². The van der Waals surface area contributed by atoms with Crippen LogP contribution in [0.3, 0.4) is 0 Å². The first-order valence-corrected chi connectivity index (χ1v) is 11.4. The van der Waals surface area contributed by atoms with Gasteiger partial charge in [-0.2, -0.15) is 0 Å². The molecule has 168 valence electrons. The fourth-order valence-electron chi connectivity index (χ4n) is 2.90. The van der Waals surface area contributed by atoms with Gasteiger partial charge >= 0.3 is 0 Å². The van der Waals surface area contributed by atoms with Crippen molar-refractivity contribution in [2.45, 2.75) is 31.6 Å². The van der Waals surface area contributed by atoms with Crippen LogP contribution in [0.2, 0.25) is 10.0 Å². The van der Waals surface area contributed by atoms with Crippen molar-refractivity contribution in [3.05, 3.63) is 69.7 Å². The highest BCUT2D eigenvalue weighted by molar-refractivity contribution is 7.99. The van der Waals surface area contributed by atoms with E-state index in [9.17, 15) is 14.0 Å². The molecule has 0 aliphatic carbocycles. The fraction of sp³-hybridized carbons (Fsp3) is 0.238. The zero-order valence-corrected chi connectivity index (χ0v) is 19.6. The van der Waals surface area contributed by atoms with Crippen molar-refractivity contribution in [3.63, 3.8) is 0 Å². The molecule has 0 aliphatic rings. The third-order valence-corrected chi connectivity index (χ3v) is 6.12. The summed E-state index contributed by atoms with van der Waals surface area (Å²) < 4.78 is 15.1. The molecule has 11 heteroatoms. The van der Waals surface area contributed by atoms with E-state index < -0.39 is 11.9 Å². The van der Waals surface area contributed by atoms with Crippen molar-refractivity contribution < 1.29 is 14.0 Å². The van der Waals surface area contributed by atoms with Crippen LogP contribution in [0.25, 0.3) is 0 Å². The van der Waals surface area contributed by atoms with Gasteiger partial charge in [-0.15, -0.1) is 10.2 Å². The molecule has 32 heavy (non-hydrogen) atoms. The summed E-state index contributed by atoms with van der Waals surface area (Å²) in [6.07, 6.45) is 0. The van der Waals surface area contributed by atoms with Gasteiger partial charge in [-0.1, -0.05) is 41.0 Å². The molecule has 1 atom stereocenters. The predicted molar refractivity (Wildman–Crippen MR) is 124 cm³/mol. The van der Waals surface area contributed by atoms with Gasteiger partial charge in [0.05, 0.1) is 21.8 Å². The molecule has 0 saturated heterocycles. The lowest BCUT2D eigenvalue weighted by Gasteiger charge is -2.15. The molecule has 2 aromatic carbocycles. The molecule has 3 aromatic rings. The summed E-state index contributed by atoms with van der Waals surface area (Å²) in [4.78, 5) is 24.8. The SMILES string of the molecule is CCn1c(SCC(=O)Nc2cccc(F)c2)nnc1C(C)NC(=O)c1ccc(Cl)c(Cl)c1. The van der Waals surface area contributed by atoms with E-state index in [0.29, 0.717) is 38.8 Å². The zero-order chi connectivity index (χ0) is 23.3. The van der Waals surface area contributed by atoms with Crippen LogP contribution in [0.4, 0.5) is 10.1 Å². The Balaban J connectivity index is 1.63. The molecule has 0 bridgehead atoms. The number of benzene rings is 2. The maximum Gasteiger partial charge on any atom is 0.251 e. The van der Waals surface area contributed by atoms with Gasteiger partial charge in [0.25, 0.3) is 5.91 Å². The molecule has 7 nitrogen and oxygen atoms in total. The number of nitrogens with one attached hydrogen (secondary N) is 2. The van der Waals surface area contributed by atoms with Gasteiger partial charge in [0.2, 0.25) is 5.91 Å². The molecule has 3 rings (SSSR count). The van der Waals surface area contributed by atoms with Crippen molar-refractivity contribution in [2.75, 3.05) is 11.1 Å². The Hall–Kier alpha value is -2.62. The number of aromatic nitrogens is 3. The lowest BCUT2D eigenvalue weighted by atomic mass is 10.2. The molecule has 2 N–H and O–H groups in total. The molecule has 0 aliphatic heterocycles. The fourth-order valence-corrected chi connectivity index (χ4v) is 4.01. The van der Waals surface area contributed by atoms with E-state index in [0.717, 1.165) is 0 Å². The van der Waals surface area contributed by atoms with Gasteiger partial charge in [0, 0.05) is 17.8 Å². The highest BCUT2D eigenvalue weighted by Gasteiger charge is 2.20. The number of amides is 2. The van der Waals surface area contributed by atoms with Crippen LogP contribution in [0.5, 0.6) is 0 Å². The average molecular weight is 496 g/mol. The van der Waals surface area contributed by atoms with Crippen LogP contribution in [0.1, 0.15) is 36.1 Å². The number of nitrogens with zero attached hydrogens (tertiary/aromatic N) is 3. The zero-order valence-electron chi connectivity index (χ0n) is 17.2. The number of thioether (sulfide) groups is 1. The number of carbonyl (C=O) groups excluding carboxylic acids is 2. The molecule has 2 amide bonds. The summed E-state index contributed by atoms with van der Waals surface area (Å²) in [5.41, 5.74) is 0.754. The van der Waals surface area contributed by atoms with Gasteiger partial charge in [-0.05, 0) is 50.2 Å². The van der Waals surface area contributed by atoms with Gasteiger partial charge < -0.3 is 15.2 Å². The minimum atomic E-state index is -0.445. The van der Waals surface area contributed by atoms with E-state index in [2.05, 4.69) is 20.8 Å². The predicted octanol–water partition coefficient (Wildman–Crippen LogP) is 4.97. The summed E-state index contributed by atoms with van der Waals surface area (Å²) in [6.45, 7) is 4.25. The normalized spacial score (nSPS) is 11.8. The Morgan fingerprint density at radius 1 is 1.16 bits per heavy atom. The molecular weight excluding hydrogens is 476 g/mol. The van der Waals surface area contributed by atoms with Crippen LogP contribution < -0.4 is 10.6 Å². The summed E-state index contributed by atoms with van der Waals surface area (Å²) in [6, 6.07) is 9.86. The summed E-state index contributed by atoms with van der Waals surface area (Å²) in [5, 5.41) is 15.0. The second kappa shape index (κ2) is 10.8. The van der Waals surface area contributed by atoms with E-state index in [-0.39, 0.29) is 17.6 Å². The molecule has 0 spiro atoms. The van der Waals surface area contributed by atoms with Crippen molar-refractivity contribution in [3.8, 4) is 0 Å². The van der Waals surface area contributed by atoms with Crippen LogP contribution in [-0.2, 0) is 11.3 Å². The third kappa shape index (κ3) is 5.99. The number of hydrogen-bond acceptors (Lipinski definition) is 5. The van der Waals surface area contributed by atoms with Crippen LogP contribution in [0.15, 0.2) is 47.6 Å². The standard InChI is InChI=1S/C21H20Cl2FN5O2S/c1-3-29-19(12(2)25-20(31)13-7-8-16(22)17(23)9-13)27-28-21(29)32-11-18(30)26-15-6-4-5-14(24)10-15/h4-10,12H,3,11H2,1-2H3,(H,25,31)(H,26,30). The smallest absolute Gasteiger partial charge is 0.251 e. The van der Waals surface area contributed by atoms with E-state index in [1.165, 1.54) is 36.0 Å². The largest absolute Gasteiger partial charge is 0.342 e. The molecule has 0 saturated carbocycles. The number of rotatable bonds is 8. The average Bonchev–Trinajstić information content (AvgIpc) is 3.17. The Bertz CT molecular complexity index is 1140. The number of anilines is 1. The maximum absolute atomic E-state index is 13.3. The Labute approximate surface area is 198 Å². The first-order valence-electron chi connectivity index (χ1n) is 9.65. The summed E-state index contributed by atoms with van der Waals surface area (Å²) in [5.74, 6) is -0.436. The summed E-state index contributed by atoms with van der Waals surface area (Å²) >= 11 is 13.1. The Kier molecular flexibility index (Phi) is 8.11. The Morgan fingerprint density at radius 3 is 2.62 bits per heavy atom. The molecular formula is C21H20Cl2FN5O2S. The lowest BCUT2D eigenvalue weighted by Crippen LogP contribution is -2.28. The van der Waals surface area contributed by atoms with Crippen molar-refractivity contribution in [2.24, 2.45) is 0 Å². The van der Waals surface area contributed by atoms with Crippen molar-refractivity contribution in [1.29, 1.82) is 0 Å². The molecule has 1 aromatic heterocycles. The van der Waals surface area contributed by atoms with E-state index >= 15 is 0 Å². The first kappa shape index (κ1) is 24.0. The van der Waals surface area contributed by atoms with Gasteiger partial charge in [-0.3, -0.25) is 9.59 Å². The minimum absolute atomic E-state index is 0.0681. The maximum atomic E-state index is 13.3. The number of halogens is 3. The van der Waals surface area contributed by atoms with E-state index in [4.69, 9.17) is 23.2 Å². The van der Waals surface area contributed by atoms with Crippen LogP contribution in [0, 0.1) is 5.82 Å². The van der Waals surface area contributed by atoms with E-state index in [1.807, 2.05) is 11.5 Å². The molecule has 1 heterocycles. The van der Waals surface area contributed by atoms with Gasteiger partial charge in [0.1, 0.15) is 5.82 Å². The lowest BCUT2D eigenvalue weighted by molar-refractivity contribution is -0.113.